The number of anilines is 2. The van der Waals surface area contributed by atoms with Gasteiger partial charge in [0.1, 0.15) is 5.69 Å². The Morgan fingerprint density at radius 3 is 2.23 bits per heavy atom. The van der Waals surface area contributed by atoms with Crippen molar-refractivity contribution in [2.45, 2.75) is 78.3 Å². The van der Waals surface area contributed by atoms with Crippen LogP contribution >= 0.6 is 11.3 Å². The standard InChI is InChI=1S/C30H35N5O3S/c1-18-13-23-25(14-19(18)2)34-29(36)28(39-30(34)31-23)16-22-15-27(35(37)38)26(33-12-8-6-10-21(33)4)17-24(22)32-11-7-5-9-20(32)3/h13-17,20-21H,5-12H2,1-4H3/b28-16+/t20-,21-/m1/s1. The monoisotopic (exact) mass is 545 g/mol. The second-order valence-electron chi connectivity index (χ2n) is 11.3. The number of nitrogens with zero attached hydrogens (tertiary/aromatic N) is 5. The second-order valence-corrected chi connectivity index (χ2v) is 12.3. The van der Waals surface area contributed by atoms with Crippen molar-refractivity contribution >= 4 is 50.5 Å². The molecule has 9 heteroatoms. The minimum absolute atomic E-state index is 0.105. The van der Waals surface area contributed by atoms with E-state index < -0.39 is 0 Å². The van der Waals surface area contributed by atoms with Gasteiger partial charge in [0.05, 0.1) is 20.5 Å². The average molecular weight is 546 g/mol. The van der Waals surface area contributed by atoms with E-state index in [-0.39, 0.29) is 22.2 Å². The highest BCUT2D eigenvalue weighted by atomic mass is 32.1. The van der Waals surface area contributed by atoms with Gasteiger partial charge >= 0.3 is 0 Å². The maximum atomic E-state index is 13.7. The quantitative estimate of drug-likeness (QED) is 0.240. The summed E-state index contributed by atoms with van der Waals surface area (Å²) in [5.74, 6) is 0. The molecule has 2 aromatic carbocycles. The van der Waals surface area contributed by atoms with Crippen LogP contribution in [-0.2, 0) is 0 Å². The van der Waals surface area contributed by atoms with Gasteiger partial charge in [-0.1, -0.05) is 11.3 Å². The first-order valence-corrected chi connectivity index (χ1v) is 14.8. The van der Waals surface area contributed by atoms with Crippen molar-refractivity contribution in [1.29, 1.82) is 0 Å². The first-order valence-electron chi connectivity index (χ1n) is 14.0. The lowest BCUT2D eigenvalue weighted by atomic mass is 9.98. The summed E-state index contributed by atoms with van der Waals surface area (Å²) in [6.45, 7) is 10.2. The fourth-order valence-corrected chi connectivity index (χ4v) is 7.27. The van der Waals surface area contributed by atoms with Gasteiger partial charge in [-0.05, 0) is 102 Å². The lowest BCUT2D eigenvalue weighted by molar-refractivity contribution is -0.384. The molecule has 2 fully saturated rings. The van der Waals surface area contributed by atoms with Crippen molar-refractivity contribution < 1.29 is 4.92 Å². The maximum absolute atomic E-state index is 13.7. The van der Waals surface area contributed by atoms with Crippen LogP contribution in [0.2, 0.25) is 0 Å². The third-order valence-electron chi connectivity index (χ3n) is 8.69. The van der Waals surface area contributed by atoms with Gasteiger partial charge in [0, 0.05) is 42.5 Å². The number of nitro groups is 1. The number of hydrogen-bond donors (Lipinski definition) is 0. The average Bonchev–Trinajstić information content (AvgIpc) is 3.40. The number of rotatable bonds is 4. The SMILES string of the molecule is Cc1cc2nc3s/c(=C/c4cc([N+](=O)[O-])c(N5CCCC[C@H]5C)cc4N4CCCC[C@H]4C)c(=O)n3c2cc1C. The zero-order chi connectivity index (χ0) is 27.4. The Balaban J connectivity index is 1.57. The fraction of sp³-hybridized carbons (Fsp3) is 0.467. The van der Waals surface area contributed by atoms with Crippen LogP contribution in [0.5, 0.6) is 0 Å². The molecule has 2 atom stereocenters. The van der Waals surface area contributed by atoms with Crippen molar-refractivity contribution in [2.24, 2.45) is 0 Å². The summed E-state index contributed by atoms with van der Waals surface area (Å²) in [6.07, 6.45) is 8.40. The highest BCUT2D eigenvalue weighted by Crippen LogP contribution is 2.40. The van der Waals surface area contributed by atoms with Crippen molar-refractivity contribution in [3.05, 3.63) is 66.0 Å². The summed E-state index contributed by atoms with van der Waals surface area (Å²) in [7, 11) is 0. The Morgan fingerprint density at radius 1 is 0.949 bits per heavy atom. The Kier molecular flexibility index (Phi) is 6.57. The molecule has 0 amide bonds. The van der Waals surface area contributed by atoms with Gasteiger partial charge in [-0.2, -0.15) is 0 Å². The number of nitro benzene ring substituents is 1. The Bertz CT molecular complexity index is 1710. The molecule has 0 bridgehead atoms. The molecule has 39 heavy (non-hydrogen) atoms. The molecule has 0 N–H and O–H groups in total. The minimum atomic E-state index is -0.268. The summed E-state index contributed by atoms with van der Waals surface area (Å²) < 4.78 is 2.22. The molecule has 2 aromatic heterocycles. The van der Waals surface area contributed by atoms with E-state index in [4.69, 9.17) is 4.98 Å². The van der Waals surface area contributed by atoms with Crippen molar-refractivity contribution in [2.75, 3.05) is 22.9 Å². The molecule has 8 nitrogen and oxygen atoms in total. The fourth-order valence-electron chi connectivity index (χ4n) is 6.29. The van der Waals surface area contributed by atoms with Crippen molar-refractivity contribution in [3.8, 4) is 0 Å². The summed E-state index contributed by atoms with van der Waals surface area (Å²) in [6, 6.07) is 8.33. The van der Waals surface area contributed by atoms with Gasteiger partial charge in [-0.15, -0.1) is 0 Å². The van der Waals surface area contributed by atoms with E-state index in [1.807, 2.05) is 38.1 Å². The number of fused-ring (bicyclic) bond motifs is 3. The van der Waals surface area contributed by atoms with Crippen LogP contribution in [0, 0.1) is 24.0 Å². The van der Waals surface area contributed by atoms with Crippen LogP contribution in [0.3, 0.4) is 0 Å². The topological polar surface area (TPSA) is 84.0 Å². The van der Waals surface area contributed by atoms with Crippen LogP contribution < -0.4 is 19.9 Å². The number of hydrogen-bond acceptors (Lipinski definition) is 7. The summed E-state index contributed by atoms with van der Waals surface area (Å²) in [4.78, 5) is 35.7. The smallest absolute Gasteiger partial charge is 0.293 e. The van der Waals surface area contributed by atoms with Gasteiger partial charge < -0.3 is 9.80 Å². The van der Waals surface area contributed by atoms with E-state index in [1.54, 1.807) is 10.5 Å². The molecule has 4 heterocycles. The molecule has 4 aromatic rings. The number of aromatic nitrogens is 2. The Hall–Kier alpha value is -3.46. The molecule has 6 rings (SSSR count). The molecule has 2 aliphatic rings. The first-order chi connectivity index (χ1) is 18.7. The molecule has 0 spiro atoms. The van der Waals surface area contributed by atoms with Crippen LogP contribution in [0.4, 0.5) is 17.1 Å². The molecule has 0 saturated carbocycles. The largest absolute Gasteiger partial charge is 0.368 e. The zero-order valence-electron chi connectivity index (χ0n) is 23.1. The predicted octanol–water partition coefficient (Wildman–Crippen LogP) is 5.74. The molecule has 2 saturated heterocycles. The van der Waals surface area contributed by atoms with Gasteiger partial charge in [-0.3, -0.25) is 14.9 Å². The van der Waals surface area contributed by atoms with E-state index in [9.17, 15) is 14.9 Å². The van der Waals surface area contributed by atoms with Crippen LogP contribution in [0.25, 0.3) is 22.1 Å². The highest BCUT2D eigenvalue weighted by Gasteiger charge is 2.30. The van der Waals surface area contributed by atoms with E-state index in [0.29, 0.717) is 21.2 Å². The molecule has 204 valence electrons. The summed E-state index contributed by atoms with van der Waals surface area (Å²) in [5, 5.41) is 12.4. The number of thiazole rings is 1. The molecule has 0 radical (unpaired) electrons. The Labute approximate surface area is 231 Å². The summed E-state index contributed by atoms with van der Waals surface area (Å²) in [5.41, 5.74) is 6.24. The molecule has 0 unspecified atom stereocenters. The highest BCUT2D eigenvalue weighted by molar-refractivity contribution is 7.15. The van der Waals surface area contributed by atoms with Crippen LogP contribution in [0.1, 0.15) is 69.1 Å². The predicted molar refractivity (Wildman–Crippen MR) is 160 cm³/mol. The van der Waals surface area contributed by atoms with Gasteiger partial charge in [0.2, 0.25) is 0 Å². The third kappa shape index (κ3) is 4.46. The molecule has 0 aliphatic carbocycles. The number of aryl methyl sites for hydroxylation is 2. The number of piperidine rings is 2. The molecular weight excluding hydrogens is 510 g/mol. The Morgan fingerprint density at radius 2 is 1.59 bits per heavy atom. The van der Waals surface area contributed by atoms with Crippen LogP contribution in [-0.4, -0.2) is 39.5 Å². The van der Waals surface area contributed by atoms with Gasteiger partial charge in [0.25, 0.3) is 11.2 Å². The van der Waals surface area contributed by atoms with Gasteiger partial charge in [0.15, 0.2) is 4.96 Å². The number of benzene rings is 2. The lowest BCUT2D eigenvalue weighted by Crippen LogP contribution is -2.40. The van der Waals surface area contributed by atoms with E-state index in [0.717, 1.165) is 78.6 Å². The van der Waals surface area contributed by atoms with E-state index >= 15 is 0 Å². The maximum Gasteiger partial charge on any atom is 0.293 e. The minimum Gasteiger partial charge on any atom is -0.368 e. The van der Waals surface area contributed by atoms with Crippen molar-refractivity contribution in [1.82, 2.24) is 9.38 Å². The van der Waals surface area contributed by atoms with Gasteiger partial charge in [-0.25, -0.2) is 9.38 Å². The number of imidazole rings is 1. The molecular formula is C30H35N5O3S. The molecule has 2 aliphatic heterocycles. The van der Waals surface area contributed by atoms with Crippen molar-refractivity contribution in [3.63, 3.8) is 0 Å². The van der Waals surface area contributed by atoms with Crippen LogP contribution in [0.15, 0.2) is 29.1 Å². The lowest BCUT2D eigenvalue weighted by Gasteiger charge is -2.39. The third-order valence-corrected chi connectivity index (χ3v) is 9.66. The van der Waals surface area contributed by atoms with E-state index in [1.165, 1.54) is 17.8 Å². The normalized spacial score (nSPS) is 20.9. The zero-order valence-corrected chi connectivity index (χ0v) is 23.9. The second kappa shape index (κ2) is 9.93. The summed E-state index contributed by atoms with van der Waals surface area (Å²) >= 11 is 1.34. The van der Waals surface area contributed by atoms with E-state index in [2.05, 4.69) is 23.6 Å². The first kappa shape index (κ1) is 25.8.